The molecule has 0 fully saturated rings. The van der Waals surface area contributed by atoms with E-state index in [1.807, 2.05) is 25.1 Å². The number of aryl methyl sites for hydroxylation is 1. The van der Waals surface area contributed by atoms with Crippen LogP contribution >= 0.6 is 0 Å². The Morgan fingerprint density at radius 3 is 3.06 bits per heavy atom. The molecule has 2 aromatic rings. The Labute approximate surface area is 107 Å². The molecule has 3 heteroatoms. The molecule has 96 valence electrons. The van der Waals surface area contributed by atoms with Gasteiger partial charge in [-0.3, -0.25) is 0 Å². The van der Waals surface area contributed by atoms with E-state index in [0.717, 1.165) is 30.9 Å². The van der Waals surface area contributed by atoms with Crippen LogP contribution < -0.4 is 5.32 Å². The lowest BCUT2D eigenvalue weighted by Crippen LogP contribution is -2.16. The van der Waals surface area contributed by atoms with Crippen LogP contribution in [0.5, 0.6) is 0 Å². The van der Waals surface area contributed by atoms with Crippen molar-refractivity contribution in [2.45, 2.75) is 19.9 Å². The second-order valence-electron chi connectivity index (χ2n) is 4.20. The van der Waals surface area contributed by atoms with Gasteiger partial charge in [-0.2, -0.15) is 0 Å². The maximum atomic E-state index is 5.72. The van der Waals surface area contributed by atoms with Crippen LogP contribution in [0.3, 0.4) is 0 Å². The predicted molar refractivity (Wildman–Crippen MR) is 73.4 cm³/mol. The van der Waals surface area contributed by atoms with Crippen molar-refractivity contribution in [3.63, 3.8) is 0 Å². The number of furan rings is 1. The van der Waals surface area contributed by atoms with Gasteiger partial charge >= 0.3 is 0 Å². The summed E-state index contributed by atoms with van der Waals surface area (Å²) in [5.41, 5.74) is 2.21. The van der Waals surface area contributed by atoms with E-state index in [2.05, 4.69) is 18.0 Å². The monoisotopic (exact) mass is 245 g/mol. The van der Waals surface area contributed by atoms with Gasteiger partial charge in [0.1, 0.15) is 11.3 Å². The highest BCUT2D eigenvalue weighted by Gasteiger charge is 2.09. The molecule has 0 amide bonds. The zero-order valence-electron chi connectivity index (χ0n) is 10.7. The molecule has 0 atom stereocenters. The molecule has 1 N–H and O–H groups in total. The topological polar surface area (TPSA) is 34.4 Å². The largest absolute Gasteiger partial charge is 0.502 e. The summed E-state index contributed by atoms with van der Waals surface area (Å²) in [5, 5.41) is 4.60. The van der Waals surface area contributed by atoms with Crippen molar-refractivity contribution in [3.05, 3.63) is 48.4 Å². The van der Waals surface area contributed by atoms with Gasteiger partial charge in [0.25, 0.3) is 0 Å². The van der Waals surface area contributed by atoms with Gasteiger partial charge in [0.2, 0.25) is 0 Å². The highest BCUT2D eigenvalue weighted by atomic mass is 16.5. The van der Waals surface area contributed by atoms with Crippen molar-refractivity contribution in [3.8, 4) is 0 Å². The average molecular weight is 245 g/mol. The van der Waals surface area contributed by atoms with E-state index in [1.54, 1.807) is 0 Å². The Morgan fingerprint density at radius 1 is 1.39 bits per heavy atom. The van der Waals surface area contributed by atoms with Crippen molar-refractivity contribution in [2.24, 2.45) is 0 Å². The van der Waals surface area contributed by atoms with Gasteiger partial charge in [0.05, 0.1) is 12.9 Å². The van der Waals surface area contributed by atoms with Gasteiger partial charge in [-0.1, -0.05) is 24.8 Å². The molecule has 0 aliphatic heterocycles. The third kappa shape index (κ3) is 2.93. The lowest BCUT2D eigenvalue weighted by atomic mass is 10.1. The predicted octanol–water partition coefficient (Wildman–Crippen LogP) is 3.38. The van der Waals surface area contributed by atoms with Gasteiger partial charge in [0, 0.05) is 17.5 Å². The number of fused-ring (bicyclic) bond motifs is 1. The number of benzene rings is 1. The molecule has 1 aromatic heterocycles. The fourth-order valence-electron chi connectivity index (χ4n) is 2.02. The molecule has 0 aliphatic carbocycles. The zero-order chi connectivity index (χ0) is 12.8. The van der Waals surface area contributed by atoms with E-state index >= 15 is 0 Å². The molecule has 0 saturated carbocycles. The SMILES string of the molecule is C=COCCCNCc1c(C)oc2ccccc12. The van der Waals surface area contributed by atoms with Crippen molar-refractivity contribution in [1.29, 1.82) is 0 Å². The highest BCUT2D eigenvalue weighted by molar-refractivity contribution is 5.82. The Balaban J connectivity index is 1.91. The van der Waals surface area contributed by atoms with E-state index < -0.39 is 0 Å². The molecule has 0 saturated heterocycles. The first-order chi connectivity index (χ1) is 8.83. The van der Waals surface area contributed by atoms with Crippen LogP contribution in [0.25, 0.3) is 11.0 Å². The Morgan fingerprint density at radius 2 is 2.22 bits per heavy atom. The van der Waals surface area contributed by atoms with Crippen molar-refractivity contribution < 1.29 is 9.15 Å². The van der Waals surface area contributed by atoms with E-state index in [-0.39, 0.29) is 0 Å². The summed E-state index contributed by atoms with van der Waals surface area (Å²) < 4.78 is 10.8. The van der Waals surface area contributed by atoms with Crippen molar-refractivity contribution >= 4 is 11.0 Å². The van der Waals surface area contributed by atoms with Crippen LogP contribution in [-0.4, -0.2) is 13.2 Å². The Hall–Kier alpha value is -1.74. The van der Waals surface area contributed by atoms with Crippen LogP contribution in [0.1, 0.15) is 17.7 Å². The lowest BCUT2D eigenvalue weighted by Gasteiger charge is -2.04. The molecule has 0 aliphatic rings. The second-order valence-corrected chi connectivity index (χ2v) is 4.20. The molecular weight excluding hydrogens is 226 g/mol. The lowest BCUT2D eigenvalue weighted by molar-refractivity contribution is 0.244. The van der Waals surface area contributed by atoms with Gasteiger partial charge in [0.15, 0.2) is 0 Å². The third-order valence-corrected chi connectivity index (χ3v) is 2.94. The van der Waals surface area contributed by atoms with Crippen LogP contribution in [-0.2, 0) is 11.3 Å². The van der Waals surface area contributed by atoms with Gasteiger partial charge in [-0.25, -0.2) is 0 Å². The minimum absolute atomic E-state index is 0.710. The van der Waals surface area contributed by atoms with Crippen LogP contribution in [0.15, 0.2) is 41.5 Å². The fourth-order valence-corrected chi connectivity index (χ4v) is 2.02. The smallest absolute Gasteiger partial charge is 0.134 e. The first-order valence-corrected chi connectivity index (χ1v) is 6.23. The van der Waals surface area contributed by atoms with Crippen molar-refractivity contribution in [2.75, 3.05) is 13.2 Å². The third-order valence-electron chi connectivity index (χ3n) is 2.94. The number of hydrogen-bond donors (Lipinski definition) is 1. The average Bonchev–Trinajstić information content (AvgIpc) is 2.70. The molecule has 0 bridgehead atoms. The van der Waals surface area contributed by atoms with Crippen LogP contribution in [0.4, 0.5) is 0 Å². The number of nitrogens with one attached hydrogen (secondary N) is 1. The molecule has 0 radical (unpaired) electrons. The molecule has 1 heterocycles. The number of para-hydroxylation sites is 1. The summed E-state index contributed by atoms with van der Waals surface area (Å²) >= 11 is 0. The van der Waals surface area contributed by atoms with E-state index in [1.165, 1.54) is 17.2 Å². The maximum Gasteiger partial charge on any atom is 0.134 e. The van der Waals surface area contributed by atoms with Gasteiger partial charge in [-0.15, -0.1) is 0 Å². The number of ether oxygens (including phenoxy) is 1. The minimum Gasteiger partial charge on any atom is -0.502 e. The molecule has 2 rings (SSSR count). The summed E-state index contributed by atoms with van der Waals surface area (Å²) in [6.45, 7) is 7.99. The maximum absolute atomic E-state index is 5.72. The standard InChI is InChI=1S/C15H19NO2/c1-3-17-10-6-9-16-11-14-12(2)18-15-8-5-4-7-13(14)15/h3-5,7-8,16H,1,6,9-11H2,2H3. The summed E-state index contributed by atoms with van der Waals surface area (Å²) in [6.07, 6.45) is 2.45. The molecule has 0 unspecified atom stereocenters. The van der Waals surface area contributed by atoms with Crippen molar-refractivity contribution in [1.82, 2.24) is 5.32 Å². The van der Waals surface area contributed by atoms with Crippen LogP contribution in [0, 0.1) is 6.92 Å². The molecule has 0 spiro atoms. The summed E-state index contributed by atoms with van der Waals surface area (Å²) in [7, 11) is 0. The highest BCUT2D eigenvalue weighted by Crippen LogP contribution is 2.24. The summed E-state index contributed by atoms with van der Waals surface area (Å²) in [5.74, 6) is 0.992. The zero-order valence-corrected chi connectivity index (χ0v) is 10.7. The minimum atomic E-state index is 0.710. The molecular formula is C15H19NO2. The van der Waals surface area contributed by atoms with Gasteiger partial charge in [-0.05, 0) is 26.0 Å². The Bertz CT molecular complexity index is 516. The Kier molecular flexibility index (Phi) is 4.42. The summed E-state index contributed by atoms with van der Waals surface area (Å²) in [6, 6.07) is 8.14. The quantitative estimate of drug-likeness (QED) is 0.600. The molecule has 1 aromatic carbocycles. The fraction of sp³-hybridized carbons (Fsp3) is 0.333. The molecule has 3 nitrogen and oxygen atoms in total. The van der Waals surface area contributed by atoms with E-state index in [9.17, 15) is 0 Å². The first-order valence-electron chi connectivity index (χ1n) is 6.23. The summed E-state index contributed by atoms with van der Waals surface area (Å²) in [4.78, 5) is 0. The van der Waals surface area contributed by atoms with E-state index in [4.69, 9.17) is 9.15 Å². The number of rotatable bonds is 7. The second kappa shape index (κ2) is 6.26. The van der Waals surface area contributed by atoms with Gasteiger partial charge < -0.3 is 14.5 Å². The normalized spacial score (nSPS) is 10.7. The first kappa shape index (κ1) is 12.7. The van der Waals surface area contributed by atoms with E-state index in [0.29, 0.717) is 6.61 Å². The van der Waals surface area contributed by atoms with Crippen LogP contribution in [0.2, 0.25) is 0 Å². The number of hydrogen-bond acceptors (Lipinski definition) is 3. The molecule has 18 heavy (non-hydrogen) atoms.